The largest absolute Gasteiger partial charge is 0.336 e. The van der Waals surface area contributed by atoms with Crippen molar-refractivity contribution in [2.45, 2.75) is 65.6 Å². The fraction of sp³-hybridized carbons (Fsp3) is 0.842. The number of carbonyl (C=O) groups is 3. The first-order chi connectivity index (χ1) is 11.8. The molecular weight excluding hydrogens is 318 g/mol. The van der Waals surface area contributed by atoms with Crippen LogP contribution in [0.1, 0.15) is 47.5 Å². The van der Waals surface area contributed by atoms with Crippen molar-refractivity contribution in [3.05, 3.63) is 0 Å². The molecule has 3 amide bonds. The zero-order valence-electron chi connectivity index (χ0n) is 16.0. The van der Waals surface area contributed by atoms with E-state index in [0.29, 0.717) is 18.4 Å². The first-order valence-electron chi connectivity index (χ1n) is 9.72. The Morgan fingerprint density at radius 3 is 2.32 bits per heavy atom. The number of nitrogens with one attached hydrogen (secondary N) is 1. The minimum absolute atomic E-state index is 0.0420. The van der Waals surface area contributed by atoms with Gasteiger partial charge >= 0.3 is 0 Å². The topological polar surface area (TPSA) is 69.7 Å². The van der Waals surface area contributed by atoms with Crippen LogP contribution in [0.4, 0.5) is 0 Å². The first kappa shape index (κ1) is 18.4. The van der Waals surface area contributed by atoms with E-state index < -0.39 is 0 Å². The molecular formula is C19H31N3O3. The van der Waals surface area contributed by atoms with Crippen LogP contribution in [0.2, 0.25) is 0 Å². The lowest BCUT2D eigenvalue weighted by Gasteiger charge is -2.35. The summed E-state index contributed by atoms with van der Waals surface area (Å²) in [6.07, 6.45) is 1.85. The minimum atomic E-state index is -0.339. The van der Waals surface area contributed by atoms with Gasteiger partial charge in [-0.15, -0.1) is 0 Å². The number of hydrogen-bond acceptors (Lipinski definition) is 4. The van der Waals surface area contributed by atoms with Gasteiger partial charge in [-0.3, -0.25) is 19.3 Å². The van der Waals surface area contributed by atoms with Gasteiger partial charge in [0.1, 0.15) is 0 Å². The van der Waals surface area contributed by atoms with Crippen molar-refractivity contribution in [1.82, 2.24) is 15.1 Å². The van der Waals surface area contributed by atoms with E-state index in [1.54, 1.807) is 0 Å². The summed E-state index contributed by atoms with van der Waals surface area (Å²) in [5.41, 5.74) is 0. The highest BCUT2D eigenvalue weighted by atomic mass is 16.2. The Morgan fingerprint density at radius 1 is 1.20 bits per heavy atom. The summed E-state index contributed by atoms with van der Waals surface area (Å²) in [6, 6.07) is -0.649. The molecule has 1 saturated carbocycles. The van der Waals surface area contributed by atoms with Gasteiger partial charge in [-0.1, -0.05) is 20.8 Å². The number of carbonyl (C=O) groups excluding carboxylic acids is 3. The lowest BCUT2D eigenvalue weighted by Crippen LogP contribution is -2.53. The SMILES string of the molecule is CCN(C(=O)[C@@H]1CCCN1)[C@@H]1[C@H](C)C(=O)N(C(=O)[C@@H]2[C@H](C)[C@@H]2C)[C@H]1C. The Bertz CT molecular complexity index is 564. The molecule has 7 atom stereocenters. The smallest absolute Gasteiger partial charge is 0.240 e. The normalized spacial score (nSPS) is 40.4. The number of likely N-dealkylation sites (N-methyl/N-ethyl adjacent to an activating group) is 1. The van der Waals surface area contributed by atoms with Crippen LogP contribution >= 0.6 is 0 Å². The van der Waals surface area contributed by atoms with Crippen molar-refractivity contribution >= 4 is 17.7 Å². The average molecular weight is 349 g/mol. The number of likely N-dealkylation sites (tertiary alicyclic amines) is 1. The second-order valence-corrected chi connectivity index (χ2v) is 8.08. The Morgan fingerprint density at radius 2 is 1.84 bits per heavy atom. The molecule has 6 nitrogen and oxygen atoms in total. The molecule has 3 fully saturated rings. The molecule has 6 heteroatoms. The van der Waals surface area contributed by atoms with E-state index in [1.165, 1.54) is 4.90 Å². The van der Waals surface area contributed by atoms with Gasteiger partial charge < -0.3 is 10.2 Å². The highest BCUT2D eigenvalue weighted by molar-refractivity contribution is 6.01. The monoisotopic (exact) mass is 349 g/mol. The summed E-state index contributed by atoms with van der Waals surface area (Å²) in [4.78, 5) is 41.9. The fourth-order valence-corrected chi connectivity index (χ4v) is 4.86. The lowest BCUT2D eigenvalue weighted by molar-refractivity contribution is -0.146. The van der Waals surface area contributed by atoms with Gasteiger partial charge in [0, 0.05) is 12.5 Å². The molecule has 3 rings (SSSR count). The van der Waals surface area contributed by atoms with Crippen molar-refractivity contribution in [3.8, 4) is 0 Å². The van der Waals surface area contributed by atoms with Gasteiger partial charge in [0.25, 0.3) is 0 Å². The number of rotatable bonds is 4. The summed E-state index contributed by atoms with van der Waals surface area (Å²) >= 11 is 0. The van der Waals surface area contributed by atoms with Gasteiger partial charge in [0.05, 0.1) is 24.0 Å². The molecule has 0 aromatic rings. The van der Waals surface area contributed by atoms with Gasteiger partial charge in [-0.25, -0.2) is 0 Å². The first-order valence-corrected chi connectivity index (χ1v) is 9.72. The Kier molecular flexibility index (Phi) is 4.93. The number of amides is 3. The standard InChI is InChI=1S/C19H31N3O3/c1-6-21(18(24)14-8-7-9-20-14)16-12(4)17(23)22(13(16)5)19(25)15-10(2)11(15)3/h10-16,20H,6-9H2,1-5H3/t10-,11+,12-,13-,14-,15-,16+/m0/s1. The number of imide groups is 1. The van der Waals surface area contributed by atoms with Gasteiger partial charge in [0.15, 0.2) is 0 Å². The maximum absolute atomic E-state index is 12.9. The van der Waals surface area contributed by atoms with Crippen molar-refractivity contribution in [2.75, 3.05) is 13.1 Å². The molecule has 2 saturated heterocycles. The molecule has 0 radical (unpaired) electrons. The van der Waals surface area contributed by atoms with E-state index in [0.717, 1.165) is 19.4 Å². The Balaban J connectivity index is 1.80. The highest BCUT2D eigenvalue weighted by Crippen LogP contribution is 2.48. The van der Waals surface area contributed by atoms with Crippen LogP contribution in [-0.4, -0.2) is 58.7 Å². The number of hydrogen-bond donors (Lipinski definition) is 1. The summed E-state index contributed by atoms with van der Waals surface area (Å²) in [7, 11) is 0. The molecule has 140 valence electrons. The summed E-state index contributed by atoms with van der Waals surface area (Å²) in [5, 5.41) is 3.25. The molecule has 0 bridgehead atoms. The zero-order chi connectivity index (χ0) is 18.5. The molecule has 1 aliphatic carbocycles. The summed E-state index contributed by atoms with van der Waals surface area (Å²) < 4.78 is 0. The van der Waals surface area contributed by atoms with E-state index in [4.69, 9.17) is 0 Å². The summed E-state index contributed by atoms with van der Waals surface area (Å²) in [5.74, 6) is 0.197. The van der Waals surface area contributed by atoms with Crippen LogP contribution in [0.5, 0.6) is 0 Å². The lowest BCUT2D eigenvalue weighted by atomic mass is 9.98. The molecule has 1 N–H and O–H groups in total. The van der Waals surface area contributed by atoms with Crippen LogP contribution in [-0.2, 0) is 14.4 Å². The van der Waals surface area contributed by atoms with Crippen LogP contribution in [0.25, 0.3) is 0 Å². The quantitative estimate of drug-likeness (QED) is 0.776. The molecule has 0 aromatic heterocycles. The van der Waals surface area contributed by atoms with Crippen LogP contribution < -0.4 is 5.32 Å². The van der Waals surface area contributed by atoms with Crippen LogP contribution in [0.15, 0.2) is 0 Å². The Hall–Kier alpha value is -1.43. The van der Waals surface area contributed by atoms with Crippen LogP contribution in [0, 0.1) is 23.7 Å². The average Bonchev–Trinajstić information content (AvgIpc) is 2.97. The maximum Gasteiger partial charge on any atom is 0.240 e. The molecule has 2 heterocycles. The van der Waals surface area contributed by atoms with E-state index in [9.17, 15) is 14.4 Å². The van der Waals surface area contributed by atoms with E-state index in [-0.39, 0.29) is 47.7 Å². The number of nitrogens with zero attached hydrogens (tertiary/aromatic N) is 2. The predicted molar refractivity (Wildman–Crippen MR) is 94.5 cm³/mol. The summed E-state index contributed by atoms with van der Waals surface area (Å²) in [6.45, 7) is 11.3. The Labute approximate surface area is 150 Å². The minimum Gasteiger partial charge on any atom is -0.336 e. The van der Waals surface area contributed by atoms with Crippen molar-refractivity contribution in [2.24, 2.45) is 23.7 Å². The van der Waals surface area contributed by atoms with Gasteiger partial charge in [0.2, 0.25) is 17.7 Å². The highest BCUT2D eigenvalue weighted by Gasteiger charge is 2.56. The van der Waals surface area contributed by atoms with E-state index >= 15 is 0 Å². The van der Waals surface area contributed by atoms with Crippen LogP contribution in [0.3, 0.4) is 0 Å². The second-order valence-electron chi connectivity index (χ2n) is 8.08. The third-order valence-corrected chi connectivity index (χ3v) is 6.73. The van der Waals surface area contributed by atoms with Gasteiger partial charge in [-0.05, 0) is 45.1 Å². The van der Waals surface area contributed by atoms with Crippen molar-refractivity contribution < 1.29 is 14.4 Å². The maximum atomic E-state index is 12.9. The third kappa shape index (κ3) is 2.88. The molecule has 25 heavy (non-hydrogen) atoms. The molecule has 0 aromatic carbocycles. The van der Waals surface area contributed by atoms with E-state index in [1.807, 2.05) is 25.7 Å². The third-order valence-electron chi connectivity index (χ3n) is 6.73. The predicted octanol–water partition coefficient (Wildman–Crippen LogP) is 1.25. The van der Waals surface area contributed by atoms with Gasteiger partial charge in [-0.2, -0.15) is 0 Å². The zero-order valence-corrected chi connectivity index (χ0v) is 16.0. The fourth-order valence-electron chi connectivity index (χ4n) is 4.86. The molecule has 3 aliphatic rings. The molecule has 0 unspecified atom stereocenters. The molecule has 0 spiro atoms. The van der Waals surface area contributed by atoms with Crippen molar-refractivity contribution in [1.29, 1.82) is 0 Å². The van der Waals surface area contributed by atoms with E-state index in [2.05, 4.69) is 19.2 Å². The molecule has 2 aliphatic heterocycles. The van der Waals surface area contributed by atoms with Crippen molar-refractivity contribution in [3.63, 3.8) is 0 Å². The second kappa shape index (κ2) is 6.71.